The number of aliphatic hydroxyl groups is 8. The van der Waals surface area contributed by atoms with E-state index in [1.54, 1.807) is 10.8 Å². The van der Waals surface area contributed by atoms with Crippen LogP contribution in [0.3, 0.4) is 0 Å². The van der Waals surface area contributed by atoms with E-state index in [4.69, 9.17) is 52.4 Å². The van der Waals surface area contributed by atoms with Crippen molar-refractivity contribution >= 4 is 86.8 Å². The van der Waals surface area contributed by atoms with Crippen LogP contribution in [-0.2, 0) is 65.0 Å². The van der Waals surface area contributed by atoms with Gasteiger partial charge >= 0.3 is 6.09 Å². The van der Waals surface area contributed by atoms with Gasteiger partial charge in [0.2, 0.25) is 29.5 Å². The van der Waals surface area contributed by atoms with E-state index in [-0.39, 0.29) is 77.3 Å². The normalized spacial score (nSPS) is 23.8. The fourth-order valence-corrected chi connectivity index (χ4v) is 12.1. The van der Waals surface area contributed by atoms with Crippen LogP contribution in [0.2, 0.25) is 0 Å². The maximum atomic E-state index is 15.2. The number of thiazole rings is 2. The van der Waals surface area contributed by atoms with E-state index in [2.05, 4.69) is 74.3 Å². The zero-order chi connectivity index (χ0) is 71.0. The monoisotopic (exact) mass is 1450 g/mol. The first-order valence-corrected chi connectivity index (χ1v) is 33.8. The Morgan fingerprint density at radius 3 is 2.08 bits per heavy atom. The van der Waals surface area contributed by atoms with Crippen LogP contribution < -0.4 is 73.0 Å². The average Bonchev–Trinajstić information content (AvgIpc) is 1.16. The molecule has 4 aromatic rings. The van der Waals surface area contributed by atoms with Gasteiger partial charge < -0.3 is 142 Å². The molecule has 2 aliphatic heterocycles. The topological polar surface area (TPSA) is 627 Å². The summed E-state index contributed by atoms with van der Waals surface area (Å²) in [6, 6.07) is -7.85. The van der Waals surface area contributed by atoms with Gasteiger partial charge in [-0.15, -0.1) is 22.7 Å². The number of amides is 8. The first-order chi connectivity index (χ1) is 45.3. The number of anilines is 1. The lowest BCUT2D eigenvalue weighted by Crippen LogP contribution is -3.00. The number of rotatable bonds is 35. The number of carbonyl (C=O) groups excluding carboxylic acids is 8. The van der Waals surface area contributed by atoms with Crippen molar-refractivity contribution in [1.82, 2.24) is 61.8 Å². The molecule has 38 nitrogen and oxygen atoms in total. The smallest absolute Gasteiger partial charge is 0.404 e. The van der Waals surface area contributed by atoms with Crippen LogP contribution in [0.4, 0.5) is 10.6 Å². The standard InChI is InChI=1S/C55H83N17O21S3.ClH/c1-20-33(69-46(72-44(20)58)25(12-31(57)76)64-13-24(56)45(59)82)50(86)71-35(41(26-14-61-19-65-26)91-54-43(39(80)37(78)29(15-73)90-54)92-53-40(81)42(93-55(60)88)38(79)30(16-74)89-53)51(87)66-22(3)36(77)21(2)47(83)70-34(23(4)75)49(85)63-10-8-32-67-28(18-94-32)52-68-27(17-95-52)48(84)62-9-7-11-96(5)6;/h14,17-19,21-25,29-30,34-43,53-54,64,73-75,77-81H,7-13,15-16,56H2,1-6H3,(H13-,57,58,59,60,61,62,63,65,66,69,70,71,72,76,82,83,84,85,86,87,88);1H/t21-,22+,23+,24-,25?,29?,30?,34?,35-,36-,37+,38+,39?,40?,41?,42?,43?,53+,54-;/m0./s1. The molecule has 0 aliphatic carbocycles. The number of H-pyrrole nitrogens is 1. The van der Waals surface area contributed by atoms with Crippen LogP contribution in [0.25, 0.3) is 10.7 Å². The maximum absolute atomic E-state index is 15.2. The minimum atomic E-state index is -2.20. The van der Waals surface area contributed by atoms with Crippen molar-refractivity contribution in [2.24, 2.45) is 28.9 Å². The van der Waals surface area contributed by atoms with Crippen LogP contribution >= 0.6 is 22.7 Å². The van der Waals surface area contributed by atoms with E-state index in [9.17, 15) is 74.4 Å². The van der Waals surface area contributed by atoms with E-state index < -0.39 is 183 Å². The van der Waals surface area contributed by atoms with Gasteiger partial charge in [0.05, 0.1) is 85.2 Å². The van der Waals surface area contributed by atoms with Gasteiger partial charge in [-0.1, -0.05) is 6.92 Å². The molecule has 97 heavy (non-hydrogen) atoms. The van der Waals surface area contributed by atoms with Gasteiger partial charge in [-0.05, 0) is 31.7 Å². The summed E-state index contributed by atoms with van der Waals surface area (Å²) in [5, 5.41) is 108. The molecule has 0 bridgehead atoms. The third kappa shape index (κ3) is 21.7. The van der Waals surface area contributed by atoms with E-state index in [0.717, 1.165) is 24.7 Å². The molecule has 8 amide bonds. The van der Waals surface area contributed by atoms with E-state index >= 15 is 4.79 Å². The molecule has 0 spiro atoms. The highest BCUT2D eigenvalue weighted by Crippen LogP contribution is 2.35. The zero-order valence-electron chi connectivity index (χ0n) is 53.3. The lowest BCUT2D eigenvalue weighted by Gasteiger charge is -2.47. The molecule has 25 N–H and O–H groups in total. The molecule has 2 aliphatic rings. The molecule has 0 aromatic carbocycles. The number of nitrogens with one attached hydrogen (secondary N) is 7. The Morgan fingerprint density at radius 1 is 0.784 bits per heavy atom. The number of ether oxygens (including phenoxy) is 5. The Morgan fingerprint density at radius 2 is 1.46 bits per heavy atom. The predicted octanol–water partition coefficient (Wildman–Crippen LogP) is -10.7. The van der Waals surface area contributed by atoms with Crippen molar-refractivity contribution in [3.05, 3.63) is 56.8 Å². The van der Waals surface area contributed by atoms with Crippen molar-refractivity contribution in [1.29, 1.82) is 0 Å². The number of nitrogens with two attached hydrogens (primary N) is 5. The van der Waals surface area contributed by atoms with Gasteiger partial charge in [0.25, 0.3) is 11.8 Å². The molecule has 42 heteroatoms. The van der Waals surface area contributed by atoms with Gasteiger partial charge in [-0.3, -0.25) is 33.6 Å². The number of hydrogen-bond acceptors (Lipinski definition) is 31. The summed E-state index contributed by atoms with van der Waals surface area (Å²) in [6.45, 7) is 3.18. The molecule has 2 saturated heterocycles. The number of aromatic amines is 1. The number of nitrogen functional groups attached to an aromatic ring is 1. The quantitative estimate of drug-likeness (QED) is 0.0150. The largest absolute Gasteiger partial charge is 1.00 e. The first-order valence-electron chi connectivity index (χ1n) is 29.8. The van der Waals surface area contributed by atoms with E-state index in [0.29, 0.717) is 22.3 Å². The van der Waals surface area contributed by atoms with Gasteiger partial charge in [0.1, 0.15) is 100 Å². The predicted molar refractivity (Wildman–Crippen MR) is 339 cm³/mol. The Bertz CT molecular complexity index is 3290. The summed E-state index contributed by atoms with van der Waals surface area (Å²) in [4.78, 5) is 131. The summed E-state index contributed by atoms with van der Waals surface area (Å²) in [5.74, 6) is -7.69. The molecule has 4 aromatic heterocycles. The third-order valence-corrected chi connectivity index (χ3v) is 18.2. The SMILES string of the molecule is Cc1c(N)nc(C(CC(N)=O)NC[C@H](N)C(N)=O)nc1C(=O)N[C@H](C(=O)N[C@H](C)[C@@H](O)[C@H](C)C(=O)NC(C(=O)NCCc1nc(-c2nc(C(=O)NCCC[S+](C)C)cs2)cs1)[C@@H](C)O)C(O[C@@H]1OC(CO)[C@@H](O)C(O)C1O[C@H]1OC(CO)[C@@H](O)C(OC(N)=O)C1O)c1cnc[nH]1.[Cl-]. The maximum Gasteiger partial charge on any atom is 0.404 e. The summed E-state index contributed by atoms with van der Waals surface area (Å²) in [5.41, 5.74) is 28.1. The molecule has 0 saturated carbocycles. The Balaban J connectivity index is 0.0000170. The number of nitrogens with zero attached hydrogens (tertiary/aromatic N) is 5. The van der Waals surface area contributed by atoms with Crippen molar-refractivity contribution in [3.8, 4) is 10.7 Å². The number of hydrogen-bond donors (Lipinski definition) is 20. The molecule has 9 unspecified atom stereocenters. The average molecular weight is 1450 g/mol. The number of carbonyl (C=O) groups is 8. The minimum Gasteiger partial charge on any atom is -1.00 e. The Labute approximate surface area is 571 Å². The first kappa shape index (κ1) is 80.7. The van der Waals surface area contributed by atoms with Crippen molar-refractivity contribution < 1.29 is 115 Å². The van der Waals surface area contributed by atoms with Crippen molar-refractivity contribution in [2.45, 2.75) is 157 Å². The van der Waals surface area contributed by atoms with E-state index in [1.165, 1.54) is 50.4 Å². The summed E-state index contributed by atoms with van der Waals surface area (Å²) >= 11 is 2.52. The minimum absolute atomic E-state index is 0. The molecule has 2 fully saturated rings. The van der Waals surface area contributed by atoms with Gasteiger partial charge in [-0.2, -0.15) is 0 Å². The van der Waals surface area contributed by atoms with Gasteiger partial charge in [0.15, 0.2) is 18.7 Å². The fraction of sp³-hybridized carbons (Fsp3) is 0.618. The summed E-state index contributed by atoms with van der Waals surface area (Å²) in [6.07, 6.45) is -20.0. The highest BCUT2D eigenvalue weighted by Gasteiger charge is 2.54. The van der Waals surface area contributed by atoms with Gasteiger partial charge in [-0.25, -0.2) is 29.7 Å². The molecule has 0 radical (unpaired) electrons. The van der Waals surface area contributed by atoms with Crippen LogP contribution in [-0.4, -0.2) is 267 Å². The van der Waals surface area contributed by atoms with Crippen LogP contribution in [0.15, 0.2) is 23.3 Å². The number of aliphatic hydroxyl groups excluding tert-OH is 8. The lowest BCUT2D eigenvalue weighted by atomic mass is 9.96. The second-order valence-electron chi connectivity index (χ2n) is 22.8. The second-order valence-corrected chi connectivity index (χ2v) is 27.0. The summed E-state index contributed by atoms with van der Waals surface area (Å²) < 4.78 is 28.7. The van der Waals surface area contributed by atoms with Crippen LogP contribution in [0.1, 0.15) is 88.8 Å². The second kappa shape index (κ2) is 37.3. The van der Waals surface area contributed by atoms with Crippen molar-refractivity contribution in [2.75, 3.05) is 56.8 Å². The number of halogens is 1. The highest BCUT2D eigenvalue weighted by molar-refractivity contribution is 7.95. The van der Waals surface area contributed by atoms with Crippen LogP contribution in [0.5, 0.6) is 0 Å². The molecule has 540 valence electrons. The molecule has 6 rings (SSSR count). The highest BCUT2D eigenvalue weighted by atomic mass is 35.5. The van der Waals surface area contributed by atoms with Gasteiger partial charge in [0, 0.05) is 55.2 Å². The third-order valence-electron chi connectivity index (χ3n) is 15.3. The zero-order valence-corrected chi connectivity index (χ0v) is 56.5. The Hall–Kier alpha value is -7.01. The molecular weight excluding hydrogens is 1370 g/mol. The summed E-state index contributed by atoms with van der Waals surface area (Å²) in [7, 11) is 0.254. The van der Waals surface area contributed by atoms with Crippen LogP contribution in [0, 0.1) is 12.8 Å². The number of primary amides is 3. The Kier molecular flexibility index (Phi) is 31.0. The molecular formula is C55H84ClN17O21S3. The van der Waals surface area contributed by atoms with Crippen molar-refractivity contribution in [3.63, 3.8) is 0 Å². The number of aromatic nitrogens is 6. The fourth-order valence-electron chi connectivity index (χ4n) is 9.80. The lowest BCUT2D eigenvalue weighted by molar-refractivity contribution is -0.372. The molecule has 6 heterocycles. The number of imidazole rings is 1. The van der Waals surface area contributed by atoms with E-state index in [1.807, 2.05) is 0 Å². The molecule has 19 atom stereocenters.